The van der Waals surface area contributed by atoms with Gasteiger partial charge in [-0.3, -0.25) is 19.9 Å². The normalized spacial score (nSPS) is 13.9. The summed E-state index contributed by atoms with van der Waals surface area (Å²) in [5.74, 6) is -2.73. The highest BCUT2D eigenvalue weighted by Crippen LogP contribution is 2.26. The molecule has 0 aliphatic rings. The maximum Gasteiger partial charge on any atom is 0.573 e. The quantitative estimate of drug-likeness (QED) is 0.0603. The summed E-state index contributed by atoms with van der Waals surface area (Å²) in [6.07, 6.45) is -14.6. The average Bonchev–Trinajstić information content (AvgIpc) is 3.12. The number of anilines is 3. The third-order valence-electron chi connectivity index (χ3n) is 6.86. The monoisotopic (exact) mass is 878 g/mol. The van der Waals surface area contributed by atoms with E-state index in [0.717, 1.165) is 36.4 Å². The molecule has 0 bridgehead atoms. The molecule has 0 aromatic heterocycles. The first kappa shape index (κ1) is 48.0. The van der Waals surface area contributed by atoms with Crippen LogP contribution in [0, 0.1) is 0 Å². The van der Waals surface area contributed by atoms with Crippen molar-refractivity contribution in [2.75, 3.05) is 55.2 Å². The molecule has 15 N–H and O–H groups in total. The molecular formula is C33H39F9N16O3. The molecule has 0 atom stereocenters. The van der Waals surface area contributed by atoms with E-state index in [1.807, 2.05) is 4.90 Å². The summed E-state index contributed by atoms with van der Waals surface area (Å²) >= 11 is 0. The second-order valence-corrected chi connectivity index (χ2v) is 11.6. The highest BCUT2D eigenvalue weighted by Gasteiger charge is 2.32. The minimum absolute atomic E-state index is 0.0636. The van der Waals surface area contributed by atoms with Gasteiger partial charge < -0.3 is 64.6 Å². The van der Waals surface area contributed by atoms with Crippen molar-refractivity contribution in [1.82, 2.24) is 4.90 Å². The van der Waals surface area contributed by atoms with Crippen molar-refractivity contribution in [3.8, 4) is 17.2 Å². The molecule has 0 radical (unpaired) electrons. The summed E-state index contributed by atoms with van der Waals surface area (Å²) in [6.45, 7) is 0.891. The molecule has 0 aliphatic heterocycles. The number of guanidine groups is 6. The van der Waals surface area contributed by atoms with Gasteiger partial charge in [-0.1, -0.05) is 0 Å². The molecular weight excluding hydrogens is 839 g/mol. The van der Waals surface area contributed by atoms with Crippen LogP contribution in [0.2, 0.25) is 0 Å². The molecule has 0 fully saturated rings. The topological polar surface area (TPSA) is 297 Å². The number of alkyl halides is 9. The molecule has 3 rings (SSSR count). The van der Waals surface area contributed by atoms with Gasteiger partial charge in [0.2, 0.25) is 35.8 Å². The minimum Gasteiger partial charge on any atom is -0.406 e. The van der Waals surface area contributed by atoms with Crippen LogP contribution < -0.4 is 64.6 Å². The Kier molecular flexibility index (Phi) is 17.4. The third kappa shape index (κ3) is 21.3. The first-order valence-electron chi connectivity index (χ1n) is 17.0. The van der Waals surface area contributed by atoms with E-state index in [2.05, 4.69) is 60.1 Å². The molecule has 3 aromatic rings. The van der Waals surface area contributed by atoms with Crippen LogP contribution >= 0.6 is 0 Å². The number of ether oxygens (including phenoxy) is 3. The number of nitrogens with one attached hydrogen (secondary N) is 3. The zero-order chi connectivity index (χ0) is 45.2. The van der Waals surface area contributed by atoms with E-state index < -0.39 is 36.3 Å². The van der Waals surface area contributed by atoms with Crippen molar-refractivity contribution < 1.29 is 53.7 Å². The summed E-state index contributed by atoms with van der Waals surface area (Å²) in [5.41, 5.74) is 36.0. The van der Waals surface area contributed by atoms with Crippen LogP contribution in [-0.2, 0) is 0 Å². The van der Waals surface area contributed by atoms with Gasteiger partial charge in [0.15, 0.2) is 0 Å². The molecule has 0 saturated carbocycles. The number of benzene rings is 3. The standard InChI is InChI=1S/C33H39F9N16O3/c34-31(35,36)59-22-7-1-19(2-8-22)52-28(46)55-25(43)49-13-16-58(17-14-50-26(44)56-29(47)53-20-3-9-23(10-4-20)60-32(37,38)39)18-15-51-27(45)57-30(48)54-21-5-11-24(12-6-21)61-33(40,41)42/h1-12H,13-18H2,(H5,43,46,49,52,55)(H5,44,47,50,53,56)(H5,45,48,51,54,57). The zero-order valence-electron chi connectivity index (χ0n) is 31.4. The van der Waals surface area contributed by atoms with Gasteiger partial charge >= 0.3 is 19.1 Å². The van der Waals surface area contributed by atoms with Gasteiger partial charge in [-0.15, -0.1) is 39.5 Å². The fraction of sp³-hybridized carbons (Fsp3) is 0.273. The highest BCUT2D eigenvalue weighted by molar-refractivity contribution is 6.02. The van der Waals surface area contributed by atoms with Crippen molar-refractivity contribution in [2.45, 2.75) is 19.1 Å². The molecule has 332 valence electrons. The van der Waals surface area contributed by atoms with Crippen molar-refractivity contribution in [3.05, 3.63) is 72.8 Å². The van der Waals surface area contributed by atoms with E-state index in [1.165, 1.54) is 36.4 Å². The first-order valence-corrected chi connectivity index (χ1v) is 17.0. The Balaban J connectivity index is 1.63. The van der Waals surface area contributed by atoms with E-state index in [4.69, 9.17) is 34.4 Å². The smallest absolute Gasteiger partial charge is 0.406 e. The predicted octanol–water partition coefficient (Wildman–Crippen LogP) is 3.21. The second kappa shape index (κ2) is 22.1. The fourth-order valence-corrected chi connectivity index (χ4v) is 4.48. The van der Waals surface area contributed by atoms with Gasteiger partial charge in [-0.25, -0.2) is 0 Å². The third-order valence-corrected chi connectivity index (χ3v) is 6.86. The Morgan fingerprint density at radius 2 is 0.656 bits per heavy atom. The fourth-order valence-electron chi connectivity index (χ4n) is 4.48. The summed E-state index contributed by atoms with van der Waals surface area (Å²) < 4.78 is 123. The van der Waals surface area contributed by atoms with Gasteiger partial charge in [0.1, 0.15) is 17.2 Å². The number of halogens is 9. The SMILES string of the molecule is NC(=NCCN(CCN=C(N)N=C(N)Nc1ccc(OC(F)(F)F)cc1)CCN=C(N)N=C(N)Nc1ccc(OC(F)(F)F)cc1)N=C(N)Nc1ccc(OC(F)(F)F)cc1. The van der Waals surface area contributed by atoms with E-state index in [-0.39, 0.29) is 92.1 Å². The number of nitrogens with zero attached hydrogens (tertiary/aromatic N) is 7. The summed E-state index contributed by atoms with van der Waals surface area (Å²) in [5, 5.41) is 7.94. The molecule has 28 heteroatoms. The Labute approximate surface area is 340 Å². The molecule has 0 aliphatic carbocycles. The van der Waals surface area contributed by atoms with Gasteiger partial charge in [-0.2, -0.15) is 15.0 Å². The van der Waals surface area contributed by atoms with Gasteiger partial charge in [0.05, 0.1) is 19.6 Å². The molecule has 0 amide bonds. The van der Waals surface area contributed by atoms with Gasteiger partial charge in [0, 0.05) is 36.7 Å². The van der Waals surface area contributed by atoms with Gasteiger partial charge in [-0.05, 0) is 72.8 Å². The van der Waals surface area contributed by atoms with Gasteiger partial charge in [0.25, 0.3) is 0 Å². The highest BCUT2D eigenvalue weighted by atomic mass is 19.4. The van der Waals surface area contributed by atoms with E-state index >= 15 is 0 Å². The van der Waals surface area contributed by atoms with Crippen LogP contribution in [0.25, 0.3) is 0 Å². The lowest BCUT2D eigenvalue weighted by atomic mass is 10.3. The maximum atomic E-state index is 12.4. The van der Waals surface area contributed by atoms with Crippen molar-refractivity contribution >= 4 is 52.8 Å². The summed E-state index contributed by atoms with van der Waals surface area (Å²) in [4.78, 5) is 26.0. The van der Waals surface area contributed by atoms with Crippen LogP contribution in [0.5, 0.6) is 17.2 Å². The van der Waals surface area contributed by atoms with Crippen molar-refractivity contribution in [3.63, 3.8) is 0 Å². The maximum absolute atomic E-state index is 12.4. The number of aliphatic imine (C=N–C) groups is 6. The lowest BCUT2D eigenvalue weighted by Crippen LogP contribution is -2.33. The second-order valence-electron chi connectivity index (χ2n) is 11.6. The molecule has 19 nitrogen and oxygen atoms in total. The van der Waals surface area contributed by atoms with E-state index in [0.29, 0.717) is 0 Å². The van der Waals surface area contributed by atoms with E-state index in [1.54, 1.807) is 0 Å². The van der Waals surface area contributed by atoms with E-state index in [9.17, 15) is 39.5 Å². The molecule has 3 aromatic carbocycles. The van der Waals surface area contributed by atoms with Crippen LogP contribution in [0.3, 0.4) is 0 Å². The summed E-state index contributed by atoms with van der Waals surface area (Å²) in [6, 6.07) is 14.0. The molecule has 61 heavy (non-hydrogen) atoms. The van der Waals surface area contributed by atoms with Crippen molar-refractivity contribution in [2.24, 2.45) is 64.4 Å². The molecule has 0 unspecified atom stereocenters. The van der Waals surface area contributed by atoms with Crippen LogP contribution in [0.15, 0.2) is 103 Å². The van der Waals surface area contributed by atoms with Crippen LogP contribution in [0.1, 0.15) is 0 Å². The number of rotatable bonds is 15. The minimum atomic E-state index is -4.86. The number of nitrogens with two attached hydrogens (primary N) is 6. The summed E-state index contributed by atoms with van der Waals surface area (Å²) in [7, 11) is 0. The van der Waals surface area contributed by atoms with Crippen molar-refractivity contribution in [1.29, 1.82) is 0 Å². The lowest BCUT2D eigenvalue weighted by molar-refractivity contribution is -0.275. The number of hydrogen-bond donors (Lipinski definition) is 9. The molecule has 0 saturated heterocycles. The number of hydrogen-bond acceptors (Lipinski definition) is 7. The lowest BCUT2D eigenvalue weighted by Gasteiger charge is -2.19. The first-order chi connectivity index (χ1) is 28.5. The van der Waals surface area contributed by atoms with Crippen LogP contribution in [-0.4, -0.2) is 99.0 Å². The largest absolute Gasteiger partial charge is 0.573 e. The Hall–Kier alpha value is -7.39. The molecule has 0 spiro atoms. The Bertz CT molecular complexity index is 1810. The Morgan fingerprint density at radius 1 is 0.426 bits per heavy atom. The van der Waals surface area contributed by atoms with Crippen LogP contribution in [0.4, 0.5) is 56.6 Å². The average molecular weight is 879 g/mol. The molecule has 0 heterocycles. The zero-order valence-corrected chi connectivity index (χ0v) is 31.4. The predicted molar refractivity (Wildman–Crippen MR) is 211 cm³/mol. The Morgan fingerprint density at radius 3 is 0.869 bits per heavy atom.